The van der Waals surface area contributed by atoms with Gasteiger partial charge in [0, 0.05) is 12.8 Å². The molecule has 2 N–H and O–H groups in total. The highest BCUT2D eigenvalue weighted by Crippen LogP contribution is 2.04. The van der Waals surface area contributed by atoms with Crippen molar-refractivity contribution in [2.24, 2.45) is 5.92 Å². The number of ether oxygens (including phenoxy) is 1. The number of unbranched alkanes of at least 4 members (excludes halogenated alkanes) is 2. The summed E-state index contributed by atoms with van der Waals surface area (Å²) in [5, 5.41) is 11.4. The first-order valence-electron chi connectivity index (χ1n) is 7.54. The molecule has 21 heavy (non-hydrogen) atoms. The lowest BCUT2D eigenvalue weighted by Crippen LogP contribution is -2.44. The van der Waals surface area contributed by atoms with Gasteiger partial charge in [-0.05, 0) is 18.8 Å². The first kappa shape index (κ1) is 19.4. The van der Waals surface area contributed by atoms with Crippen LogP contribution in [-0.2, 0) is 19.1 Å². The van der Waals surface area contributed by atoms with Crippen LogP contribution in [0, 0.1) is 5.92 Å². The fraction of sp³-hybridized carbons (Fsp3) is 0.800. The van der Waals surface area contributed by atoms with Gasteiger partial charge in [0.1, 0.15) is 6.61 Å². The van der Waals surface area contributed by atoms with E-state index in [2.05, 4.69) is 5.32 Å². The van der Waals surface area contributed by atoms with E-state index in [0.717, 1.165) is 19.3 Å². The summed E-state index contributed by atoms with van der Waals surface area (Å²) < 4.78 is 4.90. The Morgan fingerprint density at radius 1 is 1.14 bits per heavy atom. The molecule has 1 amide bonds. The largest absolute Gasteiger partial charge is 0.480 e. The normalized spacial score (nSPS) is 12.0. The van der Waals surface area contributed by atoms with Crippen molar-refractivity contribution in [3.63, 3.8) is 0 Å². The highest BCUT2D eigenvalue weighted by molar-refractivity contribution is 5.83. The van der Waals surface area contributed by atoms with Crippen molar-refractivity contribution in [3.05, 3.63) is 0 Å². The van der Waals surface area contributed by atoms with Crippen LogP contribution in [0.4, 0.5) is 0 Å². The number of carbonyl (C=O) groups excluding carboxylic acids is 2. The molecule has 0 aliphatic heterocycles. The Kier molecular flexibility index (Phi) is 10.3. The number of carboxylic acids is 1. The van der Waals surface area contributed by atoms with Crippen LogP contribution in [0.2, 0.25) is 0 Å². The maximum Gasteiger partial charge on any atom is 0.329 e. The fourth-order valence-corrected chi connectivity index (χ4v) is 1.63. The molecular weight excluding hydrogens is 274 g/mol. The lowest BCUT2D eigenvalue weighted by Gasteiger charge is -2.15. The molecule has 0 aliphatic carbocycles. The quantitative estimate of drug-likeness (QED) is 0.450. The third kappa shape index (κ3) is 10.8. The molecule has 0 aromatic carbocycles. The zero-order chi connectivity index (χ0) is 16.3. The molecule has 0 fully saturated rings. The van der Waals surface area contributed by atoms with Gasteiger partial charge in [-0.1, -0.05) is 33.6 Å². The number of esters is 1. The maximum absolute atomic E-state index is 11.6. The average molecular weight is 301 g/mol. The molecule has 0 aromatic rings. The smallest absolute Gasteiger partial charge is 0.329 e. The first-order chi connectivity index (χ1) is 9.86. The third-order valence-electron chi connectivity index (χ3n) is 2.98. The van der Waals surface area contributed by atoms with Gasteiger partial charge < -0.3 is 15.2 Å². The molecular formula is C15H27NO5. The van der Waals surface area contributed by atoms with Gasteiger partial charge in [0.15, 0.2) is 6.04 Å². The van der Waals surface area contributed by atoms with Crippen molar-refractivity contribution in [1.82, 2.24) is 5.32 Å². The molecule has 1 atom stereocenters. The molecule has 0 radical (unpaired) electrons. The molecule has 122 valence electrons. The van der Waals surface area contributed by atoms with E-state index in [9.17, 15) is 14.4 Å². The van der Waals surface area contributed by atoms with Crippen LogP contribution in [0.1, 0.15) is 59.3 Å². The summed E-state index contributed by atoms with van der Waals surface area (Å²) in [6.45, 7) is 5.67. The molecule has 0 heterocycles. The Morgan fingerprint density at radius 3 is 2.33 bits per heavy atom. The lowest BCUT2D eigenvalue weighted by molar-refractivity contribution is -0.150. The molecule has 0 aromatic heterocycles. The van der Waals surface area contributed by atoms with Crippen LogP contribution in [-0.4, -0.2) is 35.6 Å². The first-order valence-corrected chi connectivity index (χ1v) is 7.54. The van der Waals surface area contributed by atoms with E-state index in [1.165, 1.54) is 0 Å². The summed E-state index contributed by atoms with van der Waals surface area (Å²) in [4.78, 5) is 34.1. The van der Waals surface area contributed by atoms with Gasteiger partial charge in [0.25, 0.3) is 0 Å². The molecule has 0 saturated carbocycles. The van der Waals surface area contributed by atoms with E-state index in [1.54, 1.807) is 0 Å². The molecule has 6 heteroatoms. The maximum atomic E-state index is 11.6. The summed E-state index contributed by atoms with van der Waals surface area (Å²) in [6.07, 6.45) is 3.90. The lowest BCUT2D eigenvalue weighted by atomic mass is 10.1. The molecule has 6 nitrogen and oxygen atoms in total. The van der Waals surface area contributed by atoms with Gasteiger partial charge in [0.05, 0.1) is 0 Å². The third-order valence-corrected chi connectivity index (χ3v) is 2.98. The van der Waals surface area contributed by atoms with Crippen LogP contribution < -0.4 is 5.32 Å². The number of rotatable bonds is 11. The van der Waals surface area contributed by atoms with Crippen LogP contribution in [0.5, 0.6) is 0 Å². The van der Waals surface area contributed by atoms with Crippen molar-refractivity contribution in [1.29, 1.82) is 0 Å². The summed E-state index contributed by atoms with van der Waals surface area (Å²) in [5.74, 6) is -1.59. The highest BCUT2D eigenvalue weighted by atomic mass is 16.5. The van der Waals surface area contributed by atoms with E-state index < -0.39 is 18.0 Å². The average Bonchev–Trinajstić information content (AvgIpc) is 2.41. The standard InChI is InChI=1S/C15H27NO5/c1-4-5-6-7-14(18)21-10-12(15(19)20)16-13(17)9-8-11(2)3/h11-12H,4-10H2,1-3H3,(H,16,17)(H,19,20)/t12-/m0/s1. The molecule has 0 aliphatic rings. The molecule has 0 saturated heterocycles. The molecule has 0 bridgehead atoms. The minimum Gasteiger partial charge on any atom is -0.480 e. The highest BCUT2D eigenvalue weighted by Gasteiger charge is 2.21. The van der Waals surface area contributed by atoms with Crippen LogP contribution >= 0.6 is 0 Å². The zero-order valence-electron chi connectivity index (χ0n) is 13.2. The van der Waals surface area contributed by atoms with E-state index in [4.69, 9.17) is 9.84 Å². The predicted octanol–water partition coefficient (Wildman–Crippen LogP) is 2.12. The second-order valence-corrected chi connectivity index (χ2v) is 5.53. The van der Waals surface area contributed by atoms with Gasteiger partial charge in [0.2, 0.25) is 5.91 Å². The zero-order valence-corrected chi connectivity index (χ0v) is 13.2. The SMILES string of the molecule is CCCCCC(=O)OC[C@H](NC(=O)CCC(C)C)C(=O)O. The fourth-order valence-electron chi connectivity index (χ4n) is 1.63. The number of carboxylic acid groups (broad SMARTS) is 1. The molecule has 0 rings (SSSR count). The van der Waals surface area contributed by atoms with Crippen molar-refractivity contribution in [2.75, 3.05) is 6.61 Å². The Bertz CT molecular complexity index is 341. The van der Waals surface area contributed by atoms with E-state index in [0.29, 0.717) is 12.3 Å². The predicted molar refractivity (Wildman–Crippen MR) is 78.7 cm³/mol. The second-order valence-electron chi connectivity index (χ2n) is 5.53. The van der Waals surface area contributed by atoms with Crippen LogP contribution in [0.3, 0.4) is 0 Å². The number of amides is 1. The van der Waals surface area contributed by atoms with Gasteiger partial charge in [-0.25, -0.2) is 4.79 Å². The molecule has 0 unspecified atom stereocenters. The van der Waals surface area contributed by atoms with Crippen molar-refractivity contribution in [3.8, 4) is 0 Å². The van der Waals surface area contributed by atoms with Crippen LogP contribution in [0.15, 0.2) is 0 Å². The summed E-state index contributed by atoms with van der Waals surface area (Å²) in [7, 11) is 0. The number of carbonyl (C=O) groups is 3. The topological polar surface area (TPSA) is 92.7 Å². The van der Waals surface area contributed by atoms with Gasteiger partial charge in [-0.15, -0.1) is 0 Å². The van der Waals surface area contributed by atoms with E-state index in [-0.39, 0.29) is 25.4 Å². The monoisotopic (exact) mass is 301 g/mol. The number of hydrogen-bond donors (Lipinski definition) is 2. The minimum absolute atomic E-state index is 0.270. The second kappa shape index (κ2) is 11.1. The Labute approximate surface area is 126 Å². The van der Waals surface area contributed by atoms with Crippen molar-refractivity contribution in [2.45, 2.75) is 65.3 Å². The van der Waals surface area contributed by atoms with Gasteiger partial charge in [-0.2, -0.15) is 0 Å². The van der Waals surface area contributed by atoms with Crippen molar-refractivity contribution < 1.29 is 24.2 Å². The minimum atomic E-state index is -1.20. The number of nitrogens with one attached hydrogen (secondary N) is 1. The van der Waals surface area contributed by atoms with E-state index >= 15 is 0 Å². The molecule has 0 spiro atoms. The van der Waals surface area contributed by atoms with Gasteiger partial charge in [-0.3, -0.25) is 9.59 Å². The van der Waals surface area contributed by atoms with Crippen LogP contribution in [0.25, 0.3) is 0 Å². The van der Waals surface area contributed by atoms with Crippen molar-refractivity contribution >= 4 is 17.8 Å². The Balaban J connectivity index is 4.10. The number of hydrogen-bond acceptors (Lipinski definition) is 4. The summed E-state index contributed by atoms with van der Waals surface area (Å²) in [6, 6.07) is -1.18. The summed E-state index contributed by atoms with van der Waals surface area (Å²) >= 11 is 0. The van der Waals surface area contributed by atoms with E-state index in [1.807, 2.05) is 20.8 Å². The number of aliphatic carboxylic acids is 1. The Hall–Kier alpha value is -1.59. The summed E-state index contributed by atoms with van der Waals surface area (Å²) in [5.41, 5.74) is 0. The Morgan fingerprint density at radius 2 is 1.81 bits per heavy atom. The van der Waals surface area contributed by atoms with Gasteiger partial charge >= 0.3 is 11.9 Å².